The van der Waals surface area contributed by atoms with E-state index in [-0.39, 0.29) is 0 Å². The summed E-state index contributed by atoms with van der Waals surface area (Å²) in [4.78, 5) is 0. The van der Waals surface area contributed by atoms with Crippen molar-refractivity contribution in [2.75, 3.05) is 0 Å². The third-order valence-electron chi connectivity index (χ3n) is 0.192. The molecular weight excluding hydrogens is 64.6 g/mol. The average Bonchev–Trinajstić information content (AvgIpc) is 1.37. The standard InChI is InChI=1S/CH5B2P/c1-2-3-4/h4H2,1H3. The summed E-state index contributed by atoms with van der Waals surface area (Å²) < 4.78 is 0. The Morgan fingerprint density at radius 1 is 1.75 bits per heavy atom. The van der Waals surface area contributed by atoms with E-state index in [1.165, 1.54) is 0 Å². The van der Waals surface area contributed by atoms with Gasteiger partial charge in [-0.15, -0.1) is 0 Å². The van der Waals surface area contributed by atoms with Gasteiger partial charge in [-0.25, -0.2) is 0 Å². The minimum absolute atomic E-state index is 1.92. The molecule has 0 bridgehead atoms. The van der Waals surface area contributed by atoms with Gasteiger partial charge in [0.05, 0.1) is 14.1 Å². The second-order valence-electron chi connectivity index (χ2n) is 0.526. The van der Waals surface area contributed by atoms with E-state index in [9.17, 15) is 0 Å². The molecule has 0 aliphatic heterocycles. The number of rotatable bonds is 1. The Kier molecular flexibility index (Phi) is 4.06. The van der Waals surface area contributed by atoms with Crippen LogP contribution in [0.25, 0.3) is 0 Å². The monoisotopic (exact) mass is 70.0 g/mol. The SMILES string of the molecule is C[B][B]P. The average molecular weight is 69.6 g/mol. The molecular formula is CH5B2P. The third-order valence-corrected chi connectivity index (χ3v) is 0.577. The first-order valence-corrected chi connectivity index (χ1v) is 1.91. The molecule has 0 heterocycles. The lowest BCUT2D eigenvalue weighted by Gasteiger charge is -1.60. The summed E-state index contributed by atoms with van der Waals surface area (Å²) in [5.41, 5.74) is 0. The van der Waals surface area contributed by atoms with Crippen molar-refractivity contribution < 1.29 is 0 Å². The minimum Gasteiger partial charge on any atom is -0.188 e. The topological polar surface area (TPSA) is 0 Å². The van der Waals surface area contributed by atoms with Crippen molar-refractivity contribution >= 4 is 23.2 Å². The van der Waals surface area contributed by atoms with E-state index in [1.54, 1.807) is 0 Å². The highest BCUT2D eigenvalue weighted by Gasteiger charge is 1.64. The second kappa shape index (κ2) is 3.56. The molecule has 0 aromatic heterocycles. The van der Waals surface area contributed by atoms with E-state index in [4.69, 9.17) is 0 Å². The third kappa shape index (κ3) is 2.56. The normalized spacial score (nSPS) is 5.50. The van der Waals surface area contributed by atoms with Crippen molar-refractivity contribution in [3.05, 3.63) is 0 Å². The van der Waals surface area contributed by atoms with Crippen molar-refractivity contribution in [3.8, 4) is 0 Å². The maximum absolute atomic E-state index is 2.47. The summed E-state index contributed by atoms with van der Waals surface area (Å²) in [6.45, 7) is 3.90. The van der Waals surface area contributed by atoms with Crippen molar-refractivity contribution in [2.45, 2.75) is 6.82 Å². The zero-order valence-corrected chi connectivity index (χ0v) is 3.89. The van der Waals surface area contributed by atoms with Crippen LogP contribution in [-0.2, 0) is 0 Å². The fraction of sp³-hybridized carbons (Fsp3) is 1.00. The van der Waals surface area contributed by atoms with Crippen molar-refractivity contribution in [3.63, 3.8) is 0 Å². The summed E-state index contributed by atoms with van der Waals surface area (Å²) in [5.74, 6) is 0. The Labute approximate surface area is 31.0 Å². The van der Waals surface area contributed by atoms with Crippen molar-refractivity contribution in [2.24, 2.45) is 0 Å². The molecule has 1 atom stereocenters. The molecule has 0 aliphatic carbocycles. The lowest BCUT2D eigenvalue weighted by Crippen LogP contribution is -1.82. The van der Waals surface area contributed by atoms with E-state index < -0.39 is 0 Å². The number of hydrogen-bond acceptors (Lipinski definition) is 0. The quantitative estimate of drug-likeness (QED) is 0.304. The van der Waals surface area contributed by atoms with Crippen LogP contribution in [0.2, 0.25) is 6.82 Å². The Morgan fingerprint density at radius 2 is 2.00 bits per heavy atom. The maximum atomic E-state index is 2.47. The van der Waals surface area contributed by atoms with Gasteiger partial charge < -0.3 is 0 Å². The molecule has 0 saturated heterocycles. The van der Waals surface area contributed by atoms with Gasteiger partial charge in [0, 0.05) is 0 Å². The molecule has 3 heteroatoms. The Balaban J connectivity index is 1.97. The van der Waals surface area contributed by atoms with Crippen LogP contribution in [0.15, 0.2) is 0 Å². The molecule has 0 aromatic carbocycles. The van der Waals surface area contributed by atoms with Gasteiger partial charge >= 0.3 is 0 Å². The Morgan fingerprint density at radius 3 is 2.00 bits per heavy atom. The zero-order chi connectivity index (χ0) is 3.41. The van der Waals surface area contributed by atoms with Gasteiger partial charge in [0.2, 0.25) is 0 Å². The molecule has 0 saturated carbocycles. The van der Waals surface area contributed by atoms with Crippen LogP contribution in [0.1, 0.15) is 0 Å². The fourth-order valence-corrected chi connectivity index (χ4v) is 0. The highest BCUT2D eigenvalue weighted by atomic mass is 31.0. The van der Waals surface area contributed by atoms with Crippen LogP contribution in [0.5, 0.6) is 0 Å². The lowest BCUT2D eigenvalue weighted by molar-refractivity contribution is 2.37. The largest absolute Gasteiger partial charge is 0.188 e. The highest BCUT2D eigenvalue weighted by Crippen LogP contribution is 1.65. The smallest absolute Gasteiger partial charge is 0.0929 e. The highest BCUT2D eigenvalue weighted by molar-refractivity contribution is 7.67. The van der Waals surface area contributed by atoms with E-state index >= 15 is 0 Å². The van der Waals surface area contributed by atoms with Gasteiger partial charge in [-0.1, -0.05) is 6.82 Å². The molecule has 1 unspecified atom stereocenters. The van der Waals surface area contributed by atoms with Crippen LogP contribution in [0, 0.1) is 0 Å². The van der Waals surface area contributed by atoms with Crippen LogP contribution >= 0.6 is 9.12 Å². The van der Waals surface area contributed by atoms with Crippen LogP contribution < -0.4 is 0 Å². The molecule has 20 valence electrons. The molecule has 0 nitrogen and oxygen atoms in total. The summed E-state index contributed by atoms with van der Waals surface area (Å²) in [5, 5.41) is 0. The Hall–Kier alpha value is 0.560. The van der Waals surface area contributed by atoms with Crippen LogP contribution in [0.4, 0.5) is 0 Å². The molecule has 0 N–H and O–H groups in total. The predicted octanol–water partition coefficient (Wildman–Crippen LogP) is 0.148. The van der Waals surface area contributed by atoms with E-state index in [0.717, 1.165) is 0 Å². The zero-order valence-electron chi connectivity index (χ0n) is 2.73. The van der Waals surface area contributed by atoms with Gasteiger partial charge in [-0.2, -0.15) is 9.12 Å². The molecule has 2 radical (unpaired) electrons. The first kappa shape index (κ1) is 4.56. The summed E-state index contributed by atoms with van der Waals surface area (Å²) in [6, 6.07) is 0. The molecule has 0 fully saturated rings. The number of hydrogen-bond donors (Lipinski definition) is 0. The first-order chi connectivity index (χ1) is 1.91. The lowest BCUT2D eigenvalue weighted by atomic mass is 9.57. The van der Waals surface area contributed by atoms with Crippen molar-refractivity contribution in [1.29, 1.82) is 0 Å². The summed E-state index contributed by atoms with van der Waals surface area (Å²) in [6.07, 6.45) is 0. The Bertz CT molecular complexity index is 8.00. The van der Waals surface area contributed by atoms with Gasteiger partial charge in [0.1, 0.15) is 0 Å². The van der Waals surface area contributed by atoms with E-state index in [2.05, 4.69) is 9.12 Å². The van der Waals surface area contributed by atoms with E-state index in [0.29, 0.717) is 0 Å². The van der Waals surface area contributed by atoms with Gasteiger partial charge in [-0.3, -0.25) is 0 Å². The van der Waals surface area contributed by atoms with Gasteiger partial charge in [0.25, 0.3) is 0 Å². The van der Waals surface area contributed by atoms with E-state index in [1.807, 2.05) is 20.9 Å². The van der Waals surface area contributed by atoms with Crippen LogP contribution in [-0.4, -0.2) is 14.1 Å². The second-order valence-corrected chi connectivity index (χ2v) is 0.911. The molecule has 0 rings (SSSR count). The van der Waals surface area contributed by atoms with Crippen LogP contribution in [0.3, 0.4) is 0 Å². The summed E-state index contributed by atoms with van der Waals surface area (Å²) in [7, 11) is 4.44. The molecule has 0 spiro atoms. The summed E-state index contributed by atoms with van der Waals surface area (Å²) >= 11 is 0. The molecule has 0 aliphatic rings. The maximum Gasteiger partial charge on any atom is 0.0929 e. The van der Waals surface area contributed by atoms with Crippen molar-refractivity contribution in [1.82, 2.24) is 0 Å². The molecule has 4 heavy (non-hydrogen) atoms. The predicted molar refractivity (Wildman–Crippen MR) is 27.1 cm³/mol. The van der Waals surface area contributed by atoms with Gasteiger partial charge in [0.15, 0.2) is 0 Å². The first-order valence-electron chi connectivity index (χ1n) is 1.24. The molecule has 0 aromatic rings. The van der Waals surface area contributed by atoms with Gasteiger partial charge in [-0.05, 0) is 0 Å². The minimum atomic E-state index is 1.92. The molecule has 0 amide bonds. The fourth-order valence-electron chi connectivity index (χ4n) is 0.